The third-order valence-electron chi connectivity index (χ3n) is 4.42. The van der Waals surface area contributed by atoms with Crippen LogP contribution in [0, 0.1) is 0 Å². The Balaban J connectivity index is 1.98. The highest BCUT2D eigenvalue weighted by Gasteiger charge is 2.32. The second kappa shape index (κ2) is 5.91. The Labute approximate surface area is 138 Å². The van der Waals surface area contributed by atoms with Crippen LogP contribution in [0.3, 0.4) is 0 Å². The Hall–Kier alpha value is -1.97. The van der Waals surface area contributed by atoms with E-state index in [1.807, 2.05) is 25.7 Å². The van der Waals surface area contributed by atoms with Gasteiger partial charge >= 0.3 is 6.09 Å². The molecule has 0 N–H and O–H groups in total. The summed E-state index contributed by atoms with van der Waals surface area (Å²) in [5, 5.41) is 1.22. The lowest BCUT2D eigenvalue weighted by molar-refractivity contribution is 0.00966. The number of fused-ring (bicyclic) bond motifs is 1. The normalized spacial score (nSPS) is 19.1. The van der Waals surface area contributed by atoms with Crippen LogP contribution in [0.4, 0.5) is 4.79 Å². The molecule has 0 bridgehead atoms. The molecule has 2 aromatic rings. The van der Waals surface area contributed by atoms with E-state index in [2.05, 4.69) is 42.1 Å². The Morgan fingerprint density at radius 2 is 2.00 bits per heavy atom. The number of hydrogen-bond donors (Lipinski definition) is 0. The predicted octanol–water partition coefficient (Wildman–Crippen LogP) is 4.64. The number of benzene rings is 1. The molecule has 124 valence electrons. The molecule has 0 aliphatic carbocycles. The van der Waals surface area contributed by atoms with Gasteiger partial charge in [0.2, 0.25) is 0 Å². The molecule has 1 aliphatic rings. The summed E-state index contributed by atoms with van der Waals surface area (Å²) in [7, 11) is 2.06. The molecule has 1 amide bonds. The van der Waals surface area contributed by atoms with Crippen LogP contribution < -0.4 is 0 Å². The van der Waals surface area contributed by atoms with Crippen LogP contribution in [0.15, 0.2) is 30.5 Å². The molecule has 4 nitrogen and oxygen atoms in total. The van der Waals surface area contributed by atoms with Crippen molar-refractivity contribution in [1.82, 2.24) is 9.47 Å². The van der Waals surface area contributed by atoms with Gasteiger partial charge in [-0.1, -0.05) is 18.2 Å². The largest absolute Gasteiger partial charge is 0.444 e. The van der Waals surface area contributed by atoms with E-state index in [1.165, 1.54) is 16.5 Å². The zero-order valence-electron chi connectivity index (χ0n) is 14.5. The van der Waals surface area contributed by atoms with Gasteiger partial charge in [0.1, 0.15) is 5.60 Å². The highest BCUT2D eigenvalue weighted by atomic mass is 16.6. The maximum absolute atomic E-state index is 12.7. The monoisotopic (exact) mass is 314 g/mol. The lowest BCUT2D eigenvalue weighted by atomic mass is 9.94. The van der Waals surface area contributed by atoms with Crippen LogP contribution in [0.5, 0.6) is 0 Å². The standard InChI is InChI=1S/C19H26N2O2/c1-19(2,3)23-18(22)21-12-6-5-10-16(21)15-9-7-8-14-11-13-20(4)17(14)15/h7-9,11,13,16H,5-6,10,12H2,1-4H3. The van der Waals surface area contributed by atoms with Crippen molar-refractivity contribution in [3.05, 3.63) is 36.0 Å². The molecular formula is C19H26N2O2. The number of para-hydroxylation sites is 1. The van der Waals surface area contributed by atoms with Crippen LogP contribution in [0.25, 0.3) is 10.9 Å². The highest BCUT2D eigenvalue weighted by Crippen LogP contribution is 2.36. The van der Waals surface area contributed by atoms with Gasteiger partial charge in [0.05, 0.1) is 11.6 Å². The molecule has 1 aromatic heterocycles. The van der Waals surface area contributed by atoms with Crippen molar-refractivity contribution >= 4 is 17.0 Å². The predicted molar refractivity (Wildman–Crippen MR) is 92.5 cm³/mol. The molecule has 1 saturated heterocycles. The number of likely N-dealkylation sites (tertiary alicyclic amines) is 1. The molecule has 1 aromatic carbocycles. The molecule has 23 heavy (non-hydrogen) atoms. The summed E-state index contributed by atoms with van der Waals surface area (Å²) in [5.41, 5.74) is 1.98. The van der Waals surface area contributed by atoms with Crippen LogP contribution >= 0.6 is 0 Å². The first-order valence-corrected chi connectivity index (χ1v) is 8.40. The number of aromatic nitrogens is 1. The number of aryl methyl sites for hydroxylation is 1. The average Bonchev–Trinajstić information content (AvgIpc) is 2.87. The molecule has 1 fully saturated rings. The van der Waals surface area contributed by atoms with Gasteiger partial charge in [0.15, 0.2) is 0 Å². The average molecular weight is 314 g/mol. The third-order valence-corrected chi connectivity index (χ3v) is 4.42. The van der Waals surface area contributed by atoms with Crippen LogP contribution in [-0.2, 0) is 11.8 Å². The first-order chi connectivity index (χ1) is 10.9. The molecule has 2 heterocycles. The maximum Gasteiger partial charge on any atom is 0.410 e. The Bertz CT molecular complexity index is 712. The van der Waals surface area contributed by atoms with Crippen LogP contribution in [0.2, 0.25) is 0 Å². The van der Waals surface area contributed by atoms with Gasteiger partial charge in [-0.3, -0.25) is 0 Å². The Morgan fingerprint density at radius 1 is 1.22 bits per heavy atom. The van der Waals surface area contributed by atoms with Crippen molar-refractivity contribution in [2.45, 2.75) is 51.7 Å². The van der Waals surface area contributed by atoms with Crippen molar-refractivity contribution < 1.29 is 9.53 Å². The number of piperidine rings is 1. The highest BCUT2D eigenvalue weighted by molar-refractivity contribution is 5.84. The first kappa shape index (κ1) is 15.9. The van der Waals surface area contributed by atoms with E-state index in [9.17, 15) is 4.79 Å². The van der Waals surface area contributed by atoms with E-state index in [1.54, 1.807) is 0 Å². The fourth-order valence-corrected chi connectivity index (χ4v) is 3.45. The second-order valence-corrected chi connectivity index (χ2v) is 7.40. The summed E-state index contributed by atoms with van der Waals surface area (Å²) >= 11 is 0. The van der Waals surface area contributed by atoms with Gasteiger partial charge in [-0.2, -0.15) is 0 Å². The molecule has 0 saturated carbocycles. The summed E-state index contributed by atoms with van der Waals surface area (Å²) in [6, 6.07) is 8.57. The van der Waals surface area contributed by atoms with Crippen LogP contribution in [0.1, 0.15) is 51.6 Å². The van der Waals surface area contributed by atoms with Gasteiger partial charge in [-0.15, -0.1) is 0 Å². The number of rotatable bonds is 1. The molecule has 0 radical (unpaired) electrons. The van der Waals surface area contributed by atoms with Crippen molar-refractivity contribution in [3.8, 4) is 0 Å². The Kier molecular flexibility index (Phi) is 4.09. The summed E-state index contributed by atoms with van der Waals surface area (Å²) in [6.45, 7) is 6.52. The number of carbonyl (C=O) groups is 1. The van der Waals surface area contributed by atoms with Gasteiger partial charge < -0.3 is 14.2 Å². The van der Waals surface area contributed by atoms with E-state index >= 15 is 0 Å². The van der Waals surface area contributed by atoms with E-state index < -0.39 is 5.60 Å². The quantitative estimate of drug-likeness (QED) is 0.768. The number of carbonyl (C=O) groups excluding carboxylic acids is 1. The molecule has 1 atom stereocenters. The summed E-state index contributed by atoms with van der Waals surface area (Å²) < 4.78 is 7.78. The molecule has 0 spiro atoms. The van der Waals surface area contributed by atoms with Crippen molar-refractivity contribution in [3.63, 3.8) is 0 Å². The van der Waals surface area contributed by atoms with Gasteiger partial charge in [0.25, 0.3) is 0 Å². The summed E-state index contributed by atoms with van der Waals surface area (Å²) in [4.78, 5) is 14.6. The van der Waals surface area contributed by atoms with E-state index in [0.29, 0.717) is 0 Å². The molecule has 3 rings (SSSR count). The SMILES string of the molecule is Cn1ccc2cccc(C3CCCCN3C(=O)OC(C)(C)C)c21. The molecule has 4 heteroatoms. The molecular weight excluding hydrogens is 288 g/mol. The van der Waals surface area contributed by atoms with Gasteiger partial charge in [-0.05, 0) is 57.0 Å². The number of nitrogens with zero attached hydrogens (tertiary/aromatic N) is 2. The lowest BCUT2D eigenvalue weighted by Gasteiger charge is -2.37. The van der Waals surface area contributed by atoms with Crippen LogP contribution in [-0.4, -0.2) is 27.7 Å². The number of ether oxygens (including phenoxy) is 1. The smallest absolute Gasteiger partial charge is 0.410 e. The second-order valence-electron chi connectivity index (χ2n) is 7.40. The Morgan fingerprint density at radius 3 is 2.74 bits per heavy atom. The van der Waals surface area contributed by atoms with Gasteiger partial charge in [0, 0.05) is 19.8 Å². The first-order valence-electron chi connectivity index (χ1n) is 8.40. The minimum Gasteiger partial charge on any atom is -0.444 e. The summed E-state index contributed by atoms with van der Waals surface area (Å²) in [5.74, 6) is 0. The fraction of sp³-hybridized carbons (Fsp3) is 0.526. The topological polar surface area (TPSA) is 34.5 Å². The summed E-state index contributed by atoms with van der Waals surface area (Å²) in [6.07, 6.45) is 5.05. The van der Waals surface area contributed by atoms with E-state index in [-0.39, 0.29) is 12.1 Å². The van der Waals surface area contributed by atoms with Crippen molar-refractivity contribution in [2.75, 3.05) is 6.54 Å². The number of amides is 1. The minimum absolute atomic E-state index is 0.0934. The zero-order valence-corrected chi connectivity index (χ0v) is 14.5. The van der Waals surface area contributed by atoms with E-state index in [4.69, 9.17) is 4.74 Å². The number of hydrogen-bond acceptors (Lipinski definition) is 2. The maximum atomic E-state index is 12.7. The van der Waals surface area contributed by atoms with E-state index in [0.717, 1.165) is 25.8 Å². The van der Waals surface area contributed by atoms with Crippen molar-refractivity contribution in [1.29, 1.82) is 0 Å². The lowest BCUT2D eigenvalue weighted by Crippen LogP contribution is -2.42. The third kappa shape index (κ3) is 3.21. The van der Waals surface area contributed by atoms with Gasteiger partial charge in [-0.25, -0.2) is 4.79 Å². The zero-order chi connectivity index (χ0) is 16.6. The fourth-order valence-electron chi connectivity index (χ4n) is 3.45. The minimum atomic E-state index is -0.462. The van der Waals surface area contributed by atoms with Crippen molar-refractivity contribution in [2.24, 2.45) is 7.05 Å². The molecule has 1 aliphatic heterocycles. The molecule has 1 unspecified atom stereocenters.